The predicted octanol–water partition coefficient (Wildman–Crippen LogP) is 2.88. The van der Waals surface area contributed by atoms with Gasteiger partial charge in [-0.2, -0.15) is 0 Å². The summed E-state index contributed by atoms with van der Waals surface area (Å²) in [5.74, 6) is -0.264. The van der Waals surface area contributed by atoms with Crippen LogP contribution in [0.4, 0.5) is 5.69 Å². The Bertz CT molecular complexity index is 693. The molecule has 134 valence electrons. The second-order valence-electron chi connectivity index (χ2n) is 6.54. The van der Waals surface area contributed by atoms with Crippen LogP contribution in [0.1, 0.15) is 56.3 Å². The van der Waals surface area contributed by atoms with E-state index in [0.717, 1.165) is 25.7 Å². The Hall–Kier alpha value is -2.37. The first kappa shape index (κ1) is 17.5. The summed E-state index contributed by atoms with van der Waals surface area (Å²) in [5, 5.41) is 0. The number of hydrogen-bond donors (Lipinski definition) is 0. The lowest BCUT2D eigenvalue weighted by atomic mass is 10.1. The maximum absolute atomic E-state index is 12.5. The van der Waals surface area contributed by atoms with Crippen LogP contribution in [0.15, 0.2) is 18.2 Å². The Kier molecular flexibility index (Phi) is 5.06. The summed E-state index contributed by atoms with van der Waals surface area (Å²) in [5.41, 5.74) is 0.951. The van der Waals surface area contributed by atoms with E-state index >= 15 is 0 Å². The number of rotatable bonds is 5. The highest BCUT2D eigenvalue weighted by atomic mass is 16.5. The molecule has 1 amide bonds. The lowest BCUT2D eigenvalue weighted by molar-refractivity contribution is -0.148. The van der Waals surface area contributed by atoms with E-state index in [1.807, 2.05) is 0 Å². The van der Waals surface area contributed by atoms with Gasteiger partial charge in [0.25, 0.3) is 5.91 Å². The molecule has 0 radical (unpaired) electrons. The summed E-state index contributed by atoms with van der Waals surface area (Å²) in [4.78, 5) is 38.1. The average molecular weight is 345 g/mol. The second kappa shape index (κ2) is 7.25. The maximum atomic E-state index is 12.5. The quantitative estimate of drug-likeness (QED) is 0.606. The highest BCUT2D eigenvalue weighted by Gasteiger charge is 2.34. The molecular weight excluding hydrogens is 322 g/mol. The van der Waals surface area contributed by atoms with Crippen molar-refractivity contribution < 1.29 is 23.9 Å². The minimum Gasteiger partial charge on any atom is -0.479 e. The molecule has 0 saturated heterocycles. The van der Waals surface area contributed by atoms with E-state index in [0.29, 0.717) is 23.4 Å². The van der Waals surface area contributed by atoms with Gasteiger partial charge in [0.15, 0.2) is 11.9 Å². The lowest BCUT2D eigenvalue weighted by Gasteiger charge is -2.32. The smallest absolute Gasteiger partial charge is 0.326 e. The van der Waals surface area contributed by atoms with Crippen LogP contribution >= 0.6 is 0 Å². The van der Waals surface area contributed by atoms with Gasteiger partial charge in [-0.05, 0) is 50.8 Å². The van der Waals surface area contributed by atoms with Crippen molar-refractivity contribution in [2.45, 2.75) is 58.2 Å². The van der Waals surface area contributed by atoms with Crippen LogP contribution in [0.5, 0.6) is 5.75 Å². The van der Waals surface area contributed by atoms with Crippen LogP contribution in [0, 0.1) is 0 Å². The fourth-order valence-corrected chi connectivity index (χ4v) is 3.31. The van der Waals surface area contributed by atoms with E-state index in [1.165, 1.54) is 4.90 Å². The number of ether oxygens (including phenoxy) is 2. The fourth-order valence-electron chi connectivity index (χ4n) is 3.31. The first-order valence-electron chi connectivity index (χ1n) is 8.84. The summed E-state index contributed by atoms with van der Waals surface area (Å²) < 4.78 is 11.1. The van der Waals surface area contributed by atoms with Gasteiger partial charge < -0.3 is 9.47 Å². The molecule has 3 rings (SSSR count). The molecule has 0 bridgehead atoms. The lowest BCUT2D eigenvalue weighted by Crippen LogP contribution is -2.47. The van der Waals surface area contributed by atoms with E-state index in [2.05, 4.69) is 0 Å². The summed E-state index contributed by atoms with van der Waals surface area (Å²) in [6.45, 7) is 3.26. The van der Waals surface area contributed by atoms with Gasteiger partial charge in [-0.1, -0.05) is 6.92 Å². The fraction of sp³-hybridized carbons (Fsp3) is 0.526. The molecule has 1 aromatic carbocycles. The Morgan fingerprint density at radius 1 is 1.28 bits per heavy atom. The molecule has 2 aliphatic rings. The third-order valence-electron chi connectivity index (χ3n) is 4.70. The van der Waals surface area contributed by atoms with Crippen LogP contribution < -0.4 is 9.64 Å². The van der Waals surface area contributed by atoms with E-state index in [1.54, 1.807) is 32.0 Å². The van der Waals surface area contributed by atoms with Crippen molar-refractivity contribution in [3.63, 3.8) is 0 Å². The predicted molar refractivity (Wildman–Crippen MR) is 91.9 cm³/mol. The maximum Gasteiger partial charge on any atom is 0.326 e. The van der Waals surface area contributed by atoms with Crippen LogP contribution in [0.2, 0.25) is 0 Å². The van der Waals surface area contributed by atoms with E-state index in [9.17, 15) is 14.4 Å². The standard InChI is InChI=1S/C19H23NO5/c1-3-16(21)13-8-9-17-15(10-13)20(19(23)12(2)24-17)11-18(22)25-14-6-4-5-7-14/h8-10,12,14H,3-7,11H2,1-2H3. The third kappa shape index (κ3) is 3.67. The average Bonchev–Trinajstić information content (AvgIpc) is 3.10. The third-order valence-corrected chi connectivity index (χ3v) is 4.70. The molecule has 1 aromatic rings. The minimum atomic E-state index is -0.681. The molecular formula is C19H23NO5. The number of hydrogen-bond acceptors (Lipinski definition) is 5. The van der Waals surface area contributed by atoms with Crippen molar-refractivity contribution in [2.24, 2.45) is 0 Å². The zero-order chi connectivity index (χ0) is 18.0. The molecule has 0 N–H and O–H groups in total. The van der Waals surface area contributed by atoms with Gasteiger partial charge in [0.1, 0.15) is 18.4 Å². The molecule has 0 aromatic heterocycles. The number of benzene rings is 1. The largest absolute Gasteiger partial charge is 0.479 e. The van der Waals surface area contributed by atoms with Crippen LogP contribution in [-0.2, 0) is 14.3 Å². The Morgan fingerprint density at radius 3 is 2.68 bits per heavy atom. The number of anilines is 1. The number of amides is 1. The normalized spacial score (nSPS) is 20.2. The number of Topliss-reactive ketones (excluding diaryl/α,β-unsaturated/α-hetero) is 1. The van der Waals surface area contributed by atoms with Gasteiger partial charge in [0.05, 0.1) is 5.69 Å². The Balaban J connectivity index is 1.83. The highest BCUT2D eigenvalue weighted by molar-refractivity contribution is 6.05. The zero-order valence-electron chi connectivity index (χ0n) is 14.6. The van der Waals surface area contributed by atoms with Gasteiger partial charge in [0.2, 0.25) is 0 Å². The molecule has 1 fully saturated rings. The summed E-state index contributed by atoms with van der Waals surface area (Å²) in [6.07, 6.45) is 3.53. The van der Waals surface area contributed by atoms with Gasteiger partial charge in [-0.15, -0.1) is 0 Å². The molecule has 6 heteroatoms. The van der Waals surface area contributed by atoms with Gasteiger partial charge in [0, 0.05) is 12.0 Å². The molecule has 1 atom stereocenters. The van der Waals surface area contributed by atoms with Crippen molar-refractivity contribution in [3.05, 3.63) is 23.8 Å². The van der Waals surface area contributed by atoms with Crippen molar-refractivity contribution in [1.29, 1.82) is 0 Å². The van der Waals surface area contributed by atoms with Gasteiger partial charge in [-0.25, -0.2) is 0 Å². The summed E-state index contributed by atoms with van der Waals surface area (Å²) in [6, 6.07) is 4.98. The van der Waals surface area contributed by atoms with Crippen LogP contribution in [0.25, 0.3) is 0 Å². The first-order valence-corrected chi connectivity index (χ1v) is 8.84. The van der Waals surface area contributed by atoms with Gasteiger partial charge >= 0.3 is 5.97 Å². The molecule has 1 aliphatic carbocycles. The molecule has 1 aliphatic heterocycles. The molecule has 1 saturated carbocycles. The van der Waals surface area contributed by atoms with E-state index in [-0.39, 0.29) is 24.3 Å². The number of carbonyl (C=O) groups is 3. The number of carbonyl (C=O) groups excluding carboxylic acids is 3. The SMILES string of the molecule is CCC(=O)c1ccc2c(c1)N(CC(=O)OC1CCCC1)C(=O)C(C)O2. The monoisotopic (exact) mass is 345 g/mol. The summed E-state index contributed by atoms with van der Waals surface area (Å²) >= 11 is 0. The summed E-state index contributed by atoms with van der Waals surface area (Å²) in [7, 11) is 0. The van der Waals surface area contributed by atoms with Crippen LogP contribution in [0.3, 0.4) is 0 Å². The molecule has 1 heterocycles. The van der Waals surface area contributed by atoms with Crippen molar-refractivity contribution in [3.8, 4) is 5.75 Å². The van der Waals surface area contributed by atoms with Gasteiger partial charge in [-0.3, -0.25) is 19.3 Å². The number of fused-ring (bicyclic) bond motifs is 1. The van der Waals surface area contributed by atoms with Crippen molar-refractivity contribution in [2.75, 3.05) is 11.4 Å². The zero-order valence-corrected chi connectivity index (χ0v) is 14.6. The number of nitrogens with zero attached hydrogens (tertiary/aromatic N) is 1. The Morgan fingerprint density at radius 2 is 2.00 bits per heavy atom. The number of ketones is 1. The Labute approximate surface area is 147 Å². The van der Waals surface area contributed by atoms with Crippen molar-refractivity contribution in [1.82, 2.24) is 0 Å². The molecule has 25 heavy (non-hydrogen) atoms. The van der Waals surface area contributed by atoms with E-state index < -0.39 is 12.1 Å². The van der Waals surface area contributed by atoms with Crippen molar-refractivity contribution >= 4 is 23.3 Å². The topological polar surface area (TPSA) is 72.9 Å². The second-order valence-corrected chi connectivity index (χ2v) is 6.54. The first-order chi connectivity index (χ1) is 12.0. The molecule has 1 unspecified atom stereocenters. The minimum absolute atomic E-state index is 0.0256. The molecule has 6 nitrogen and oxygen atoms in total. The molecule has 0 spiro atoms. The van der Waals surface area contributed by atoms with E-state index in [4.69, 9.17) is 9.47 Å². The highest BCUT2D eigenvalue weighted by Crippen LogP contribution is 2.35. The number of esters is 1. The van der Waals surface area contributed by atoms with Crippen LogP contribution in [-0.4, -0.2) is 36.4 Å².